The molecule has 1 unspecified atom stereocenters. The van der Waals surface area contributed by atoms with Gasteiger partial charge in [-0.2, -0.15) is 0 Å². The molecule has 1 saturated heterocycles. The fourth-order valence-corrected chi connectivity index (χ4v) is 2.27. The number of aliphatic hydroxyl groups excluding tert-OH is 1. The molecule has 0 radical (unpaired) electrons. The Kier molecular flexibility index (Phi) is 3.69. The molecular formula is C12H18N2O. The number of hydrogen-bond acceptors (Lipinski definition) is 3. The second kappa shape index (κ2) is 5.24. The molecule has 0 aliphatic carbocycles. The molecule has 1 atom stereocenters. The van der Waals surface area contributed by atoms with Gasteiger partial charge in [-0.25, -0.2) is 0 Å². The Labute approximate surface area is 90.8 Å². The fourth-order valence-electron chi connectivity index (χ4n) is 2.27. The molecule has 2 heterocycles. The number of nitrogens with zero attached hydrogens (tertiary/aromatic N) is 2. The Hall–Kier alpha value is -0.930. The van der Waals surface area contributed by atoms with E-state index in [1.807, 2.05) is 18.3 Å². The third kappa shape index (κ3) is 2.55. The maximum atomic E-state index is 9.10. The number of aliphatic hydroxyl groups is 1. The summed E-state index contributed by atoms with van der Waals surface area (Å²) in [5.41, 5.74) is 1.09. The van der Waals surface area contributed by atoms with Crippen LogP contribution in [0, 0.1) is 0 Å². The molecule has 1 aliphatic rings. The summed E-state index contributed by atoms with van der Waals surface area (Å²) in [4.78, 5) is 6.82. The summed E-state index contributed by atoms with van der Waals surface area (Å²) in [6.45, 7) is 2.51. The molecule has 1 fully saturated rings. The van der Waals surface area contributed by atoms with Crippen molar-refractivity contribution in [3.8, 4) is 0 Å². The highest BCUT2D eigenvalue weighted by Gasteiger charge is 2.23. The minimum absolute atomic E-state index is 0.234. The average molecular weight is 206 g/mol. The summed E-state index contributed by atoms with van der Waals surface area (Å²) in [7, 11) is 0. The smallest absolute Gasteiger partial charge is 0.0576 e. The number of likely N-dealkylation sites (tertiary alicyclic amines) is 1. The van der Waals surface area contributed by atoms with Crippen LogP contribution in [0.3, 0.4) is 0 Å². The van der Waals surface area contributed by atoms with Crippen molar-refractivity contribution in [1.29, 1.82) is 0 Å². The summed E-state index contributed by atoms with van der Waals surface area (Å²) in [5.74, 6) is 0. The molecule has 0 saturated carbocycles. The summed E-state index contributed by atoms with van der Waals surface area (Å²) in [5, 5.41) is 9.10. The lowest BCUT2D eigenvalue weighted by Gasteiger charge is -2.26. The molecule has 82 valence electrons. The van der Waals surface area contributed by atoms with Crippen molar-refractivity contribution in [2.24, 2.45) is 0 Å². The molecule has 15 heavy (non-hydrogen) atoms. The van der Waals surface area contributed by atoms with Crippen LogP contribution in [0.25, 0.3) is 0 Å². The van der Waals surface area contributed by atoms with Crippen molar-refractivity contribution in [3.63, 3.8) is 0 Å². The van der Waals surface area contributed by atoms with Gasteiger partial charge >= 0.3 is 0 Å². The maximum absolute atomic E-state index is 9.10. The van der Waals surface area contributed by atoms with Gasteiger partial charge in [0.1, 0.15) is 0 Å². The Bertz CT molecular complexity index is 283. The topological polar surface area (TPSA) is 36.4 Å². The summed E-state index contributed by atoms with van der Waals surface area (Å²) >= 11 is 0. The number of rotatable bonds is 4. The average Bonchev–Trinajstić information content (AvgIpc) is 2.80. The molecule has 3 nitrogen and oxygen atoms in total. The van der Waals surface area contributed by atoms with E-state index in [4.69, 9.17) is 5.11 Å². The first-order chi connectivity index (χ1) is 7.42. The largest absolute Gasteiger partial charge is 0.396 e. The third-order valence-electron chi connectivity index (χ3n) is 3.01. The Morgan fingerprint density at radius 3 is 2.73 bits per heavy atom. The number of aromatic nitrogens is 1. The van der Waals surface area contributed by atoms with E-state index in [-0.39, 0.29) is 6.61 Å². The normalized spacial score (nSPS) is 19.3. The molecule has 0 aromatic carbocycles. The first kappa shape index (κ1) is 10.6. The maximum Gasteiger partial charge on any atom is 0.0576 e. The van der Waals surface area contributed by atoms with Crippen molar-refractivity contribution in [2.45, 2.75) is 25.3 Å². The highest BCUT2D eigenvalue weighted by atomic mass is 16.3. The van der Waals surface area contributed by atoms with Crippen molar-refractivity contribution >= 4 is 0 Å². The van der Waals surface area contributed by atoms with Gasteiger partial charge in [0.05, 0.1) is 11.7 Å². The number of pyridine rings is 1. The van der Waals surface area contributed by atoms with Gasteiger partial charge in [-0.05, 0) is 44.5 Å². The first-order valence-electron chi connectivity index (χ1n) is 5.67. The van der Waals surface area contributed by atoms with E-state index < -0.39 is 0 Å². The second-order valence-corrected chi connectivity index (χ2v) is 4.03. The van der Waals surface area contributed by atoms with Gasteiger partial charge in [-0.3, -0.25) is 9.88 Å². The van der Waals surface area contributed by atoms with E-state index in [1.165, 1.54) is 12.8 Å². The third-order valence-corrected chi connectivity index (χ3v) is 3.01. The van der Waals surface area contributed by atoms with Gasteiger partial charge < -0.3 is 5.11 Å². The molecule has 1 N–H and O–H groups in total. The molecule has 1 aromatic rings. The molecule has 1 aromatic heterocycles. The van der Waals surface area contributed by atoms with Crippen LogP contribution < -0.4 is 0 Å². The second-order valence-electron chi connectivity index (χ2n) is 4.03. The minimum Gasteiger partial charge on any atom is -0.396 e. The predicted molar refractivity (Wildman–Crippen MR) is 59.5 cm³/mol. The van der Waals surface area contributed by atoms with Gasteiger partial charge in [0.15, 0.2) is 0 Å². The summed E-state index contributed by atoms with van der Waals surface area (Å²) in [6, 6.07) is 6.31. The molecule has 1 aliphatic heterocycles. The van der Waals surface area contributed by atoms with Crippen LogP contribution in [0.1, 0.15) is 31.0 Å². The van der Waals surface area contributed by atoms with E-state index in [9.17, 15) is 0 Å². The van der Waals surface area contributed by atoms with Crippen LogP contribution in [-0.4, -0.2) is 34.7 Å². The monoisotopic (exact) mass is 206 g/mol. The Balaban J connectivity index is 2.11. The van der Waals surface area contributed by atoms with Crippen LogP contribution in [0.4, 0.5) is 0 Å². The van der Waals surface area contributed by atoms with Crippen molar-refractivity contribution in [2.75, 3.05) is 19.7 Å². The van der Waals surface area contributed by atoms with E-state index in [0.29, 0.717) is 6.04 Å². The summed E-state index contributed by atoms with van der Waals surface area (Å²) < 4.78 is 0. The van der Waals surface area contributed by atoms with Gasteiger partial charge in [0, 0.05) is 12.8 Å². The molecule has 0 spiro atoms. The highest BCUT2D eigenvalue weighted by Crippen LogP contribution is 2.25. The van der Waals surface area contributed by atoms with E-state index in [2.05, 4.69) is 16.0 Å². The molecule has 0 amide bonds. The van der Waals surface area contributed by atoms with E-state index >= 15 is 0 Å². The van der Waals surface area contributed by atoms with Gasteiger partial charge in [-0.1, -0.05) is 6.07 Å². The van der Waals surface area contributed by atoms with E-state index in [1.54, 1.807) is 0 Å². The van der Waals surface area contributed by atoms with Crippen LogP contribution in [-0.2, 0) is 0 Å². The fraction of sp³-hybridized carbons (Fsp3) is 0.583. The highest BCUT2D eigenvalue weighted by molar-refractivity contribution is 5.09. The first-order valence-corrected chi connectivity index (χ1v) is 5.67. The van der Waals surface area contributed by atoms with Crippen LogP contribution in [0.15, 0.2) is 24.4 Å². The van der Waals surface area contributed by atoms with Crippen LogP contribution in [0.2, 0.25) is 0 Å². The van der Waals surface area contributed by atoms with Crippen molar-refractivity contribution in [1.82, 2.24) is 9.88 Å². The summed E-state index contributed by atoms with van der Waals surface area (Å²) in [6.07, 6.45) is 5.16. The zero-order valence-electron chi connectivity index (χ0n) is 8.97. The standard InChI is InChI=1S/C12H18N2O/c15-10-6-12(14-8-3-4-9-14)11-5-1-2-7-13-11/h1-2,5,7,12,15H,3-4,6,8-10H2. The van der Waals surface area contributed by atoms with Gasteiger partial charge in [0.25, 0.3) is 0 Å². The lowest BCUT2D eigenvalue weighted by Crippen LogP contribution is -2.27. The molecule has 3 heteroatoms. The zero-order valence-corrected chi connectivity index (χ0v) is 8.97. The van der Waals surface area contributed by atoms with Crippen molar-refractivity contribution < 1.29 is 5.11 Å². The van der Waals surface area contributed by atoms with Gasteiger partial charge in [0.2, 0.25) is 0 Å². The minimum atomic E-state index is 0.234. The van der Waals surface area contributed by atoms with E-state index in [0.717, 1.165) is 25.2 Å². The zero-order chi connectivity index (χ0) is 10.5. The van der Waals surface area contributed by atoms with Gasteiger partial charge in [-0.15, -0.1) is 0 Å². The number of hydrogen-bond donors (Lipinski definition) is 1. The molecule has 2 rings (SSSR count). The quantitative estimate of drug-likeness (QED) is 0.813. The Morgan fingerprint density at radius 2 is 2.13 bits per heavy atom. The Morgan fingerprint density at radius 1 is 1.33 bits per heavy atom. The lowest BCUT2D eigenvalue weighted by molar-refractivity contribution is 0.182. The molecule has 0 bridgehead atoms. The van der Waals surface area contributed by atoms with Crippen molar-refractivity contribution in [3.05, 3.63) is 30.1 Å². The lowest BCUT2D eigenvalue weighted by atomic mass is 10.1. The SMILES string of the molecule is OCCC(c1ccccn1)N1CCCC1. The van der Waals surface area contributed by atoms with Crippen LogP contribution in [0.5, 0.6) is 0 Å². The predicted octanol–water partition coefficient (Wildman–Crippen LogP) is 1.60. The molecular weight excluding hydrogens is 188 g/mol. The van der Waals surface area contributed by atoms with Crippen LogP contribution >= 0.6 is 0 Å².